The zero-order valence-corrected chi connectivity index (χ0v) is 18.3. The summed E-state index contributed by atoms with van der Waals surface area (Å²) >= 11 is 0. The average molecular weight is 458 g/mol. The highest BCUT2D eigenvalue weighted by Gasteiger charge is 2.15. The summed E-state index contributed by atoms with van der Waals surface area (Å²) in [6.07, 6.45) is 5.21. The molecule has 2 atom stereocenters. The molecule has 1 aromatic rings. The standard InChI is InChI=1S/C20H34N4.HI/c1-17-10-9-15-24(16-17)14-8-7-13-22-20(21-3)23-18(2)19-11-5-4-6-12-19;/h4-6,11-12,17-18H,7-10,13-16H2,1-3H3,(H2,21,22,23);1H. The zero-order chi connectivity index (χ0) is 17.2. The number of unbranched alkanes of at least 4 members (excludes halogenated alkanes) is 1. The van der Waals surface area contributed by atoms with Crippen molar-refractivity contribution in [2.24, 2.45) is 10.9 Å². The Bertz CT molecular complexity index is 492. The van der Waals surface area contributed by atoms with E-state index in [0.717, 1.165) is 18.4 Å². The van der Waals surface area contributed by atoms with Crippen molar-refractivity contribution in [2.75, 3.05) is 33.2 Å². The number of rotatable bonds is 7. The molecule has 1 fully saturated rings. The van der Waals surface area contributed by atoms with Crippen molar-refractivity contribution in [1.29, 1.82) is 0 Å². The van der Waals surface area contributed by atoms with Crippen molar-refractivity contribution in [1.82, 2.24) is 15.5 Å². The van der Waals surface area contributed by atoms with Gasteiger partial charge in [0, 0.05) is 20.1 Å². The minimum absolute atomic E-state index is 0. The lowest BCUT2D eigenvalue weighted by Gasteiger charge is -2.30. The second-order valence-corrected chi connectivity index (χ2v) is 7.03. The molecule has 2 N–H and O–H groups in total. The summed E-state index contributed by atoms with van der Waals surface area (Å²) in [4.78, 5) is 6.96. The van der Waals surface area contributed by atoms with E-state index in [1.165, 1.54) is 50.9 Å². The Labute approximate surface area is 170 Å². The fourth-order valence-electron chi connectivity index (χ4n) is 3.38. The first kappa shape index (κ1) is 22.2. The maximum Gasteiger partial charge on any atom is 0.191 e. The van der Waals surface area contributed by atoms with Gasteiger partial charge in [0.1, 0.15) is 0 Å². The molecule has 2 unspecified atom stereocenters. The number of piperidine rings is 1. The lowest BCUT2D eigenvalue weighted by atomic mass is 10.0. The number of hydrogen-bond acceptors (Lipinski definition) is 2. The van der Waals surface area contributed by atoms with Gasteiger partial charge in [0.05, 0.1) is 6.04 Å². The van der Waals surface area contributed by atoms with Crippen LogP contribution in [0.1, 0.15) is 51.1 Å². The Hall–Kier alpha value is -0.820. The molecule has 4 nitrogen and oxygen atoms in total. The summed E-state index contributed by atoms with van der Waals surface area (Å²) in [7, 11) is 1.84. The third-order valence-electron chi connectivity index (χ3n) is 4.81. The molecule has 0 spiro atoms. The monoisotopic (exact) mass is 458 g/mol. The number of aliphatic imine (C=N–C) groups is 1. The molecule has 1 heterocycles. The fourth-order valence-corrected chi connectivity index (χ4v) is 3.38. The van der Waals surface area contributed by atoms with Crippen LogP contribution in [0.2, 0.25) is 0 Å². The minimum Gasteiger partial charge on any atom is -0.356 e. The van der Waals surface area contributed by atoms with Gasteiger partial charge in [0.2, 0.25) is 0 Å². The van der Waals surface area contributed by atoms with Gasteiger partial charge in [-0.25, -0.2) is 0 Å². The largest absolute Gasteiger partial charge is 0.356 e. The van der Waals surface area contributed by atoms with Crippen molar-refractivity contribution in [3.05, 3.63) is 35.9 Å². The van der Waals surface area contributed by atoms with E-state index >= 15 is 0 Å². The molecule has 0 bridgehead atoms. The Morgan fingerprint density at radius 2 is 2.04 bits per heavy atom. The first-order valence-electron chi connectivity index (χ1n) is 9.43. The van der Waals surface area contributed by atoms with Gasteiger partial charge < -0.3 is 15.5 Å². The maximum atomic E-state index is 4.33. The minimum atomic E-state index is 0. The first-order valence-corrected chi connectivity index (χ1v) is 9.43. The summed E-state index contributed by atoms with van der Waals surface area (Å²) in [5, 5.41) is 6.89. The van der Waals surface area contributed by atoms with Gasteiger partial charge >= 0.3 is 0 Å². The molecule has 0 aromatic heterocycles. The lowest BCUT2D eigenvalue weighted by Crippen LogP contribution is -2.39. The summed E-state index contributed by atoms with van der Waals surface area (Å²) in [6, 6.07) is 10.7. The van der Waals surface area contributed by atoms with Crippen LogP contribution >= 0.6 is 24.0 Å². The van der Waals surface area contributed by atoms with Gasteiger partial charge in [0.25, 0.3) is 0 Å². The molecule has 5 heteroatoms. The van der Waals surface area contributed by atoms with Crippen LogP contribution in [0.25, 0.3) is 0 Å². The average Bonchev–Trinajstić information content (AvgIpc) is 2.61. The first-order chi connectivity index (χ1) is 11.7. The molecule has 0 saturated carbocycles. The number of hydrogen-bond donors (Lipinski definition) is 2. The molecular weight excluding hydrogens is 423 g/mol. The number of likely N-dealkylation sites (tertiary alicyclic amines) is 1. The molecule has 0 aliphatic carbocycles. The van der Waals surface area contributed by atoms with Crippen molar-refractivity contribution >= 4 is 29.9 Å². The SMILES string of the molecule is CN=C(NCCCCN1CCCC(C)C1)NC(C)c1ccccc1.I. The Balaban J connectivity index is 0.00000312. The Morgan fingerprint density at radius 1 is 1.28 bits per heavy atom. The van der Waals surface area contributed by atoms with Crippen LogP contribution in [0.4, 0.5) is 0 Å². The molecule has 0 radical (unpaired) electrons. The van der Waals surface area contributed by atoms with Crippen LogP contribution < -0.4 is 10.6 Å². The van der Waals surface area contributed by atoms with E-state index < -0.39 is 0 Å². The quantitative estimate of drug-likeness (QED) is 0.281. The zero-order valence-electron chi connectivity index (χ0n) is 16.0. The summed E-state index contributed by atoms with van der Waals surface area (Å²) in [5.41, 5.74) is 1.28. The molecule has 1 saturated heterocycles. The number of nitrogens with one attached hydrogen (secondary N) is 2. The molecule has 0 amide bonds. The number of benzene rings is 1. The second kappa shape index (κ2) is 12.5. The van der Waals surface area contributed by atoms with E-state index in [2.05, 4.69) is 58.6 Å². The van der Waals surface area contributed by atoms with E-state index in [-0.39, 0.29) is 30.0 Å². The fraction of sp³-hybridized carbons (Fsp3) is 0.650. The van der Waals surface area contributed by atoms with Gasteiger partial charge in [-0.15, -0.1) is 24.0 Å². The lowest BCUT2D eigenvalue weighted by molar-refractivity contribution is 0.181. The molecular formula is C20H35IN4. The van der Waals surface area contributed by atoms with E-state index in [1.54, 1.807) is 0 Å². The van der Waals surface area contributed by atoms with Gasteiger partial charge in [-0.1, -0.05) is 37.3 Å². The van der Waals surface area contributed by atoms with Crippen LogP contribution in [0.15, 0.2) is 35.3 Å². The molecule has 1 aromatic carbocycles. The molecule has 142 valence electrons. The van der Waals surface area contributed by atoms with E-state index in [0.29, 0.717) is 0 Å². The predicted molar refractivity (Wildman–Crippen MR) is 119 cm³/mol. The highest BCUT2D eigenvalue weighted by atomic mass is 127. The smallest absolute Gasteiger partial charge is 0.191 e. The Kier molecular flexibility index (Phi) is 11.1. The van der Waals surface area contributed by atoms with E-state index in [9.17, 15) is 0 Å². The van der Waals surface area contributed by atoms with Crippen LogP contribution in [0.5, 0.6) is 0 Å². The molecule has 2 rings (SSSR count). The van der Waals surface area contributed by atoms with Crippen molar-refractivity contribution in [3.63, 3.8) is 0 Å². The van der Waals surface area contributed by atoms with Crippen LogP contribution in [0, 0.1) is 5.92 Å². The van der Waals surface area contributed by atoms with E-state index in [4.69, 9.17) is 0 Å². The molecule has 25 heavy (non-hydrogen) atoms. The third-order valence-corrected chi connectivity index (χ3v) is 4.81. The normalized spacial score (nSPS) is 19.8. The second-order valence-electron chi connectivity index (χ2n) is 7.03. The third kappa shape index (κ3) is 8.40. The van der Waals surface area contributed by atoms with E-state index in [1.807, 2.05) is 13.1 Å². The summed E-state index contributed by atoms with van der Waals surface area (Å²) < 4.78 is 0. The van der Waals surface area contributed by atoms with Crippen molar-refractivity contribution < 1.29 is 0 Å². The van der Waals surface area contributed by atoms with Gasteiger partial charge in [-0.2, -0.15) is 0 Å². The highest BCUT2D eigenvalue weighted by molar-refractivity contribution is 14.0. The molecule has 1 aliphatic rings. The summed E-state index contributed by atoms with van der Waals surface area (Å²) in [5.74, 6) is 1.76. The van der Waals surface area contributed by atoms with Gasteiger partial charge in [-0.05, 0) is 57.2 Å². The number of nitrogens with zero attached hydrogens (tertiary/aromatic N) is 2. The number of halogens is 1. The number of guanidine groups is 1. The van der Waals surface area contributed by atoms with Gasteiger partial charge in [-0.3, -0.25) is 4.99 Å². The van der Waals surface area contributed by atoms with Gasteiger partial charge in [0.15, 0.2) is 5.96 Å². The topological polar surface area (TPSA) is 39.7 Å². The van der Waals surface area contributed by atoms with Crippen LogP contribution in [0.3, 0.4) is 0 Å². The molecule has 1 aliphatic heterocycles. The van der Waals surface area contributed by atoms with Crippen molar-refractivity contribution in [2.45, 2.75) is 45.6 Å². The van der Waals surface area contributed by atoms with Crippen molar-refractivity contribution in [3.8, 4) is 0 Å². The van der Waals surface area contributed by atoms with Crippen LogP contribution in [-0.4, -0.2) is 44.1 Å². The predicted octanol–water partition coefficient (Wildman–Crippen LogP) is 4.04. The maximum absolute atomic E-state index is 4.33. The summed E-state index contributed by atoms with van der Waals surface area (Å²) in [6.45, 7) is 9.32. The highest BCUT2D eigenvalue weighted by Crippen LogP contribution is 2.15. The van der Waals surface area contributed by atoms with Crippen LogP contribution in [-0.2, 0) is 0 Å². The Morgan fingerprint density at radius 3 is 2.72 bits per heavy atom.